The Kier molecular flexibility index (Phi) is 3.15. The van der Waals surface area contributed by atoms with Crippen LogP contribution in [0.3, 0.4) is 0 Å². The molecule has 5 heteroatoms. The summed E-state index contributed by atoms with van der Waals surface area (Å²) in [5.41, 5.74) is 0.825. The molecule has 0 aliphatic heterocycles. The molecule has 1 rings (SSSR count). The minimum atomic E-state index is -1.46. The lowest BCUT2D eigenvalue weighted by molar-refractivity contribution is 0.672. The summed E-state index contributed by atoms with van der Waals surface area (Å²) in [6.07, 6.45) is 1.68. The van der Waals surface area contributed by atoms with Crippen molar-refractivity contribution in [2.24, 2.45) is 5.14 Å². The Morgan fingerprint density at radius 2 is 2.45 bits per heavy atom. The maximum atomic E-state index is 10.4. The van der Waals surface area contributed by atoms with Crippen LogP contribution in [0.4, 0.5) is 0 Å². The van der Waals surface area contributed by atoms with E-state index in [1.807, 2.05) is 18.2 Å². The standard InChI is InChI=1S/C6H9N3OS/c7-11(10)9-5-6-3-1-2-4-8-6/h1-4,9H,5,7H2. The van der Waals surface area contributed by atoms with Gasteiger partial charge in [0, 0.05) is 6.20 Å². The van der Waals surface area contributed by atoms with E-state index in [2.05, 4.69) is 9.71 Å². The highest BCUT2D eigenvalue weighted by Gasteiger charge is 1.92. The smallest absolute Gasteiger partial charge is 0.164 e. The first-order valence-electron chi connectivity index (χ1n) is 3.08. The van der Waals surface area contributed by atoms with E-state index < -0.39 is 11.2 Å². The second kappa shape index (κ2) is 4.17. The van der Waals surface area contributed by atoms with Crippen molar-refractivity contribution in [2.45, 2.75) is 6.54 Å². The third-order valence-corrected chi connectivity index (χ3v) is 1.55. The molecular weight excluding hydrogens is 162 g/mol. The van der Waals surface area contributed by atoms with Crippen molar-refractivity contribution in [2.75, 3.05) is 0 Å². The largest absolute Gasteiger partial charge is 0.260 e. The molecule has 0 aliphatic carbocycles. The van der Waals surface area contributed by atoms with Crippen LogP contribution in [0.5, 0.6) is 0 Å². The first-order chi connectivity index (χ1) is 5.29. The van der Waals surface area contributed by atoms with E-state index in [1.165, 1.54) is 0 Å². The van der Waals surface area contributed by atoms with Gasteiger partial charge in [0.1, 0.15) is 0 Å². The van der Waals surface area contributed by atoms with Crippen molar-refractivity contribution < 1.29 is 4.21 Å². The Morgan fingerprint density at radius 1 is 1.64 bits per heavy atom. The van der Waals surface area contributed by atoms with Gasteiger partial charge in [-0.15, -0.1) is 0 Å². The van der Waals surface area contributed by atoms with E-state index in [0.717, 1.165) is 5.69 Å². The minimum absolute atomic E-state index is 0.434. The Morgan fingerprint density at radius 3 is 3.00 bits per heavy atom. The molecule has 0 bridgehead atoms. The third kappa shape index (κ3) is 3.22. The van der Waals surface area contributed by atoms with E-state index >= 15 is 0 Å². The van der Waals surface area contributed by atoms with Gasteiger partial charge in [0.2, 0.25) is 0 Å². The first kappa shape index (κ1) is 8.32. The summed E-state index contributed by atoms with van der Waals surface area (Å²) < 4.78 is 12.9. The molecule has 1 aromatic heterocycles. The van der Waals surface area contributed by atoms with Gasteiger partial charge < -0.3 is 0 Å². The van der Waals surface area contributed by atoms with Gasteiger partial charge in [-0.05, 0) is 12.1 Å². The van der Waals surface area contributed by atoms with E-state index in [0.29, 0.717) is 6.54 Å². The Balaban J connectivity index is 2.45. The van der Waals surface area contributed by atoms with Gasteiger partial charge in [-0.25, -0.2) is 14.1 Å². The lowest BCUT2D eigenvalue weighted by Gasteiger charge is -1.97. The number of nitrogens with one attached hydrogen (secondary N) is 1. The van der Waals surface area contributed by atoms with Crippen molar-refractivity contribution in [3.63, 3.8) is 0 Å². The molecule has 0 saturated heterocycles. The van der Waals surface area contributed by atoms with Crippen LogP contribution in [0.1, 0.15) is 5.69 Å². The number of aromatic nitrogens is 1. The zero-order chi connectivity index (χ0) is 8.10. The predicted molar refractivity (Wildman–Crippen MR) is 43.4 cm³/mol. The summed E-state index contributed by atoms with van der Waals surface area (Å²) in [6, 6.07) is 5.52. The second-order valence-corrected chi connectivity index (χ2v) is 2.82. The molecule has 1 heterocycles. The van der Waals surface area contributed by atoms with Crippen molar-refractivity contribution >= 4 is 11.2 Å². The number of rotatable bonds is 3. The Bertz CT molecular complexity index is 239. The van der Waals surface area contributed by atoms with Crippen LogP contribution in [0.2, 0.25) is 0 Å². The Labute approximate surface area is 67.6 Å². The molecule has 1 aromatic rings. The van der Waals surface area contributed by atoms with Crippen LogP contribution < -0.4 is 9.86 Å². The van der Waals surface area contributed by atoms with Gasteiger partial charge in [0.25, 0.3) is 0 Å². The molecule has 0 fully saturated rings. The molecule has 0 spiro atoms. The quantitative estimate of drug-likeness (QED) is 0.656. The van der Waals surface area contributed by atoms with Gasteiger partial charge in [-0.3, -0.25) is 4.98 Å². The van der Waals surface area contributed by atoms with E-state index in [-0.39, 0.29) is 0 Å². The predicted octanol–water partition coefficient (Wildman–Crippen LogP) is -0.291. The highest BCUT2D eigenvalue weighted by atomic mass is 32.2. The SMILES string of the molecule is NS(=O)NCc1ccccn1. The lowest BCUT2D eigenvalue weighted by atomic mass is 10.4. The molecule has 0 saturated carbocycles. The molecule has 3 N–H and O–H groups in total. The van der Waals surface area contributed by atoms with Crippen LogP contribution >= 0.6 is 0 Å². The van der Waals surface area contributed by atoms with Crippen molar-refractivity contribution in [1.29, 1.82) is 0 Å². The summed E-state index contributed by atoms with van der Waals surface area (Å²) in [4.78, 5) is 4.00. The summed E-state index contributed by atoms with van der Waals surface area (Å²) in [5.74, 6) is 0. The fraction of sp³-hybridized carbons (Fsp3) is 0.167. The van der Waals surface area contributed by atoms with Gasteiger partial charge in [0.15, 0.2) is 11.2 Å². The average molecular weight is 171 g/mol. The molecule has 4 nitrogen and oxygen atoms in total. The summed E-state index contributed by atoms with van der Waals surface area (Å²) in [5, 5.41) is 4.97. The zero-order valence-electron chi connectivity index (χ0n) is 5.86. The number of nitrogens with two attached hydrogens (primary N) is 1. The monoisotopic (exact) mass is 171 g/mol. The maximum absolute atomic E-state index is 10.4. The summed E-state index contributed by atoms with van der Waals surface area (Å²) in [6.45, 7) is 0.434. The van der Waals surface area contributed by atoms with Crippen molar-refractivity contribution in [1.82, 2.24) is 9.71 Å². The van der Waals surface area contributed by atoms with Crippen LogP contribution in [-0.2, 0) is 17.7 Å². The highest BCUT2D eigenvalue weighted by Crippen LogP contribution is 1.90. The second-order valence-electron chi connectivity index (χ2n) is 1.94. The molecule has 1 unspecified atom stereocenters. The van der Waals surface area contributed by atoms with Crippen molar-refractivity contribution in [3.05, 3.63) is 30.1 Å². The van der Waals surface area contributed by atoms with E-state index in [4.69, 9.17) is 5.14 Å². The van der Waals surface area contributed by atoms with Crippen LogP contribution in [-0.4, -0.2) is 9.19 Å². The van der Waals surface area contributed by atoms with Gasteiger partial charge in [-0.2, -0.15) is 0 Å². The van der Waals surface area contributed by atoms with Crippen molar-refractivity contribution in [3.8, 4) is 0 Å². The molecular formula is C6H9N3OS. The summed E-state index contributed by atoms with van der Waals surface area (Å²) >= 11 is -1.46. The number of nitrogens with zero attached hydrogens (tertiary/aromatic N) is 1. The van der Waals surface area contributed by atoms with Gasteiger partial charge in [0.05, 0.1) is 12.2 Å². The molecule has 0 amide bonds. The van der Waals surface area contributed by atoms with Gasteiger partial charge in [-0.1, -0.05) is 6.07 Å². The molecule has 0 aliphatic rings. The Hall–Kier alpha value is -0.780. The minimum Gasteiger partial charge on any atom is -0.260 e. The maximum Gasteiger partial charge on any atom is 0.164 e. The molecule has 60 valence electrons. The lowest BCUT2D eigenvalue weighted by Crippen LogP contribution is -2.23. The molecule has 0 radical (unpaired) electrons. The zero-order valence-corrected chi connectivity index (χ0v) is 6.67. The van der Waals surface area contributed by atoms with Crippen LogP contribution in [0.15, 0.2) is 24.4 Å². The average Bonchev–Trinajstić information content (AvgIpc) is 2.03. The van der Waals surface area contributed by atoms with Crippen LogP contribution in [0.25, 0.3) is 0 Å². The number of hydrogen-bond donors (Lipinski definition) is 2. The number of hydrogen-bond acceptors (Lipinski definition) is 2. The van der Waals surface area contributed by atoms with Crippen LogP contribution in [0, 0.1) is 0 Å². The van der Waals surface area contributed by atoms with Gasteiger partial charge >= 0.3 is 0 Å². The third-order valence-electron chi connectivity index (χ3n) is 1.12. The number of pyridine rings is 1. The normalized spacial score (nSPS) is 12.8. The fourth-order valence-electron chi connectivity index (χ4n) is 0.648. The highest BCUT2D eigenvalue weighted by molar-refractivity contribution is 7.80. The van der Waals surface area contributed by atoms with E-state index in [9.17, 15) is 4.21 Å². The topological polar surface area (TPSA) is 68.0 Å². The first-order valence-corrected chi connectivity index (χ1v) is 4.30. The molecule has 11 heavy (non-hydrogen) atoms. The molecule has 0 aromatic carbocycles. The molecule has 1 atom stereocenters. The summed E-state index contributed by atoms with van der Waals surface area (Å²) in [7, 11) is 0. The van der Waals surface area contributed by atoms with E-state index in [1.54, 1.807) is 6.20 Å². The fourth-order valence-corrected chi connectivity index (χ4v) is 0.938.